The third-order valence-electron chi connectivity index (χ3n) is 25.7. The number of fused-ring (bicyclic) bond motifs is 5. The van der Waals surface area contributed by atoms with Crippen molar-refractivity contribution < 1.29 is 0 Å². The second kappa shape index (κ2) is 37.1. The van der Waals surface area contributed by atoms with Gasteiger partial charge in [0.25, 0.3) is 0 Å². The lowest BCUT2D eigenvalue weighted by Gasteiger charge is -2.30. The molecule has 640 valence electrons. The number of benzene rings is 18. The molecule has 0 N–H and O–H groups in total. The Morgan fingerprint density at radius 1 is 0.199 bits per heavy atom. The molecule has 3 aliphatic rings. The standard InChI is InChI=1S/C44H31BN4.C41H29BN4.C36H27BN4/c1-5-15-32(16-6-1)40-31-41(33-17-7-2-8-18-33)47-44(46-40)34-25-27-39(28-26-34)49-43-30-36-20-14-13-19-35(36)29-42(43)48(38-23-11-4-12-24-38)45(49)37-21-9-3-10-22-37;1-4-19-34(20-5-1)44-38-26-13-12-25-37(38)43-41(44)32-17-14-18-33(27-32)42-45(35-21-6-2-7-22-35)39-28-30-15-10-11-16-31(30)29-40(39)46(42)36-23-8-3-9-24-36;1-2-6-28(7-3-1)29-10-16-34(17-11-29)37-40(35-18-12-30(13-19-35)32-8-4-22-38-26-32)24-25-41(37)36-20-14-31(15-21-36)33-9-5-23-39-27-33/h1-31H;1-29H;1-27H. The molecule has 15 heteroatoms. The van der Waals surface area contributed by atoms with Gasteiger partial charge in [-0.25, -0.2) is 15.0 Å². The van der Waals surface area contributed by atoms with E-state index in [-0.39, 0.29) is 20.9 Å². The number of hydrogen-bond acceptors (Lipinski definition) is 11. The average molecular weight is 1740 g/mol. The molecule has 0 saturated heterocycles. The van der Waals surface area contributed by atoms with Crippen molar-refractivity contribution in [2.24, 2.45) is 0 Å². The number of rotatable bonds is 17. The quantitative estimate of drug-likeness (QED) is 0.0817. The highest BCUT2D eigenvalue weighted by atomic mass is 15.3. The summed E-state index contributed by atoms with van der Waals surface area (Å²) in [6.45, 7) is -0.261. The third kappa shape index (κ3) is 16.4. The van der Waals surface area contributed by atoms with Gasteiger partial charge in [0, 0.05) is 99.3 Å². The van der Waals surface area contributed by atoms with Gasteiger partial charge in [0.05, 0.1) is 45.2 Å². The predicted molar refractivity (Wildman–Crippen MR) is 569 cm³/mol. The number of nitrogens with zero attached hydrogens (tertiary/aromatic N) is 12. The Balaban J connectivity index is 0.000000115. The molecule has 4 aromatic heterocycles. The van der Waals surface area contributed by atoms with Crippen LogP contribution in [0.3, 0.4) is 0 Å². The van der Waals surface area contributed by atoms with Crippen LogP contribution in [-0.4, -0.2) is 50.4 Å². The van der Waals surface area contributed by atoms with Crippen LogP contribution in [0.4, 0.5) is 56.9 Å². The number of aromatic nitrogens is 6. The van der Waals surface area contributed by atoms with E-state index in [0.717, 1.165) is 118 Å². The van der Waals surface area contributed by atoms with Crippen LogP contribution >= 0.6 is 0 Å². The molecule has 18 aromatic carbocycles. The van der Waals surface area contributed by atoms with Gasteiger partial charge in [-0.3, -0.25) is 14.5 Å². The molecular formula is C121H87B3N12. The van der Waals surface area contributed by atoms with Gasteiger partial charge in [-0.2, -0.15) is 0 Å². The molecule has 0 atom stereocenters. The summed E-state index contributed by atoms with van der Waals surface area (Å²) >= 11 is 0. The van der Waals surface area contributed by atoms with Crippen molar-refractivity contribution in [3.8, 4) is 84.4 Å². The van der Waals surface area contributed by atoms with Crippen LogP contribution in [-0.2, 0) is 0 Å². The summed E-state index contributed by atoms with van der Waals surface area (Å²) in [7, 11) is 0. The molecule has 12 nitrogen and oxygen atoms in total. The number of imidazole rings is 1. The Morgan fingerprint density at radius 3 is 0.963 bits per heavy atom. The highest BCUT2D eigenvalue weighted by molar-refractivity contribution is 6.85. The zero-order chi connectivity index (χ0) is 90.5. The SMILES string of the molecule is C1=CN(c2ccc(-c3cccnc3)cc2)B(c2ccc(-c3ccccc3)cc2)N1c1ccc(-c2cccnc2)cc1.c1ccc(B2N(c3ccccc3)c3cc4ccccc4cc3N2c2ccc(-c3nc(-c4ccccc4)cc(-c4ccccc4)n3)cc2)cc1.c1ccc(N2B(c3cccc(-c4nc5ccccc5n4-c4ccccc4)c3)N(c3ccccc3)c3cc4ccccc4cc32)cc1. The molecule has 0 saturated carbocycles. The normalized spacial score (nSPS) is 12.5. The number of hydrogen-bond donors (Lipinski definition) is 0. The summed E-state index contributed by atoms with van der Waals surface area (Å²) in [5.41, 5.74) is 31.1. The zero-order valence-electron chi connectivity index (χ0n) is 74.3. The van der Waals surface area contributed by atoms with Gasteiger partial charge in [-0.15, -0.1) is 0 Å². The summed E-state index contributed by atoms with van der Waals surface area (Å²) in [5.74, 6) is 1.62. The Kier molecular flexibility index (Phi) is 22.5. The van der Waals surface area contributed by atoms with Gasteiger partial charge < -0.3 is 28.9 Å². The first-order valence-corrected chi connectivity index (χ1v) is 46.0. The summed E-state index contributed by atoms with van der Waals surface area (Å²) < 4.78 is 2.27. The summed E-state index contributed by atoms with van der Waals surface area (Å²) in [6.07, 6.45) is 11.8. The minimum absolute atomic E-state index is 0.0340. The lowest BCUT2D eigenvalue weighted by atomic mass is 9.64. The van der Waals surface area contributed by atoms with E-state index < -0.39 is 0 Å². The van der Waals surface area contributed by atoms with Crippen LogP contribution < -0.4 is 45.3 Å². The van der Waals surface area contributed by atoms with Crippen LogP contribution in [0.1, 0.15) is 0 Å². The monoisotopic (exact) mass is 1740 g/mol. The molecule has 0 aliphatic carbocycles. The van der Waals surface area contributed by atoms with E-state index in [0.29, 0.717) is 5.82 Å². The van der Waals surface area contributed by atoms with Crippen molar-refractivity contribution >= 4 is 127 Å². The molecule has 0 radical (unpaired) electrons. The molecule has 0 unspecified atom stereocenters. The lowest BCUT2D eigenvalue weighted by molar-refractivity contribution is 1.10. The van der Waals surface area contributed by atoms with Crippen LogP contribution in [0.25, 0.3) is 117 Å². The average Bonchev–Trinajstić information content (AvgIpc) is 1.58. The van der Waals surface area contributed by atoms with E-state index >= 15 is 0 Å². The van der Waals surface area contributed by atoms with Crippen LogP contribution in [0.15, 0.2) is 529 Å². The van der Waals surface area contributed by atoms with E-state index in [9.17, 15) is 0 Å². The maximum absolute atomic E-state index is 5.19. The fourth-order valence-corrected chi connectivity index (χ4v) is 19.2. The van der Waals surface area contributed by atoms with E-state index in [1.54, 1.807) is 12.4 Å². The molecule has 3 aliphatic heterocycles. The van der Waals surface area contributed by atoms with Gasteiger partial charge in [-0.1, -0.05) is 340 Å². The molecule has 0 bridgehead atoms. The molecule has 0 fully saturated rings. The molecule has 136 heavy (non-hydrogen) atoms. The van der Waals surface area contributed by atoms with Crippen molar-refractivity contribution in [2.45, 2.75) is 0 Å². The zero-order valence-corrected chi connectivity index (χ0v) is 74.3. The van der Waals surface area contributed by atoms with E-state index in [4.69, 9.17) is 15.0 Å². The first-order valence-electron chi connectivity index (χ1n) is 46.0. The molecule has 0 amide bonds. The summed E-state index contributed by atoms with van der Waals surface area (Å²) in [4.78, 5) is 38.5. The summed E-state index contributed by atoms with van der Waals surface area (Å²) in [5, 5.41) is 4.88. The summed E-state index contributed by atoms with van der Waals surface area (Å²) in [6, 6.07) is 174. The van der Waals surface area contributed by atoms with Gasteiger partial charge in [0.2, 0.25) is 0 Å². The topological polar surface area (TPSA) is 88.8 Å². The first kappa shape index (κ1) is 82.5. The van der Waals surface area contributed by atoms with Crippen molar-refractivity contribution in [3.63, 3.8) is 0 Å². The van der Waals surface area contributed by atoms with Crippen molar-refractivity contribution in [2.75, 3.05) is 28.9 Å². The lowest BCUT2D eigenvalue weighted by Crippen LogP contribution is -2.53. The van der Waals surface area contributed by atoms with Crippen molar-refractivity contribution in [1.82, 2.24) is 29.5 Å². The second-order valence-corrected chi connectivity index (χ2v) is 34.0. The van der Waals surface area contributed by atoms with Gasteiger partial charge >= 0.3 is 20.9 Å². The molecule has 7 heterocycles. The second-order valence-electron chi connectivity index (χ2n) is 34.0. The van der Waals surface area contributed by atoms with Crippen LogP contribution in [0.2, 0.25) is 0 Å². The molecule has 22 aromatic rings. The number of para-hydroxylation sites is 6. The van der Waals surface area contributed by atoms with E-state index in [1.807, 2.05) is 60.9 Å². The van der Waals surface area contributed by atoms with Crippen molar-refractivity contribution in [3.05, 3.63) is 529 Å². The van der Waals surface area contributed by atoms with Crippen LogP contribution in [0, 0.1) is 0 Å². The molecular weight excluding hydrogens is 1650 g/mol. The third-order valence-corrected chi connectivity index (χ3v) is 25.7. The maximum atomic E-state index is 5.19. The molecule has 0 spiro atoms. The first-order chi connectivity index (χ1) is 67.5. The highest BCUT2D eigenvalue weighted by Gasteiger charge is 2.46. The van der Waals surface area contributed by atoms with Gasteiger partial charge in [0.15, 0.2) is 5.82 Å². The highest BCUT2D eigenvalue weighted by Crippen LogP contribution is 2.51. The van der Waals surface area contributed by atoms with Crippen LogP contribution in [0.5, 0.6) is 0 Å². The smallest absolute Gasteiger partial charge is 0.367 e. The van der Waals surface area contributed by atoms with Crippen molar-refractivity contribution in [1.29, 1.82) is 0 Å². The Labute approximate surface area is 792 Å². The Bertz CT molecular complexity index is 7740. The molecule has 25 rings (SSSR count). The predicted octanol–water partition coefficient (Wildman–Crippen LogP) is 27.5. The van der Waals surface area contributed by atoms with Gasteiger partial charge in [-0.05, 0) is 223 Å². The minimum atomic E-state index is -0.133. The van der Waals surface area contributed by atoms with Gasteiger partial charge in [0.1, 0.15) is 5.82 Å². The van der Waals surface area contributed by atoms with E-state index in [2.05, 4.69) is 499 Å². The number of pyridine rings is 2. The largest absolute Gasteiger partial charge is 0.420 e. The minimum Gasteiger partial charge on any atom is -0.367 e. The maximum Gasteiger partial charge on any atom is 0.420 e. The Morgan fingerprint density at radius 2 is 0.522 bits per heavy atom. The Hall–Kier alpha value is -17.9. The fourth-order valence-electron chi connectivity index (χ4n) is 19.2. The fraction of sp³-hybridized carbons (Fsp3) is 0. The van der Waals surface area contributed by atoms with E-state index in [1.165, 1.54) is 66.1 Å². The number of anilines is 10.